The van der Waals surface area contributed by atoms with Gasteiger partial charge in [-0.05, 0) is 18.4 Å². The van der Waals surface area contributed by atoms with Crippen LogP contribution in [0.15, 0.2) is 30.3 Å². The van der Waals surface area contributed by atoms with E-state index in [1.807, 2.05) is 18.2 Å². The Morgan fingerprint density at radius 1 is 1.35 bits per heavy atom. The van der Waals surface area contributed by atoms with E-state index in [2.05, 4.69) is 17.4 Å². The van der Waals surface area contributed by atoms with Crippen molar-refractivity contribution in [2.45, 2.75) is 25.3 Å². The molecule has 2 N–H and O–H groups in total. The molecule has 0 saturated carbocycles. The maximum atomic E-state index is 11.5. The van der Waals surface area contributed by atoms with E-state index < -0.39 is 0 Å². The van der Waals surface area contributed by atoms with Gasteiger partial charge in [0, 0.05) is 6.42 Å². The van der Waals surface area contributed by atoms with E-state index in [0.29, 0.717) is 19.5 Å². The van der Waals surface area contributed by atoms with E-state index in [1.54, 1.807) is 0 Å². The summed E-state index contributed by atoms with van der Waals surface area (Å²) in [4.78, 5) is 11.5. The average Bonchev–Trinajstić information content (AvgIpc) is 2.28. The predicted octanol–water partition coefficient (Wildman–Crippen LogP) is -0.110. The quantitative estimate of drug-likeness (QED) is 0.698. The molecule has 1 fully saturated rings. The third-order valence-electron chi connectivity index (χ3n) is 3.03. The van der Waals surface area contributed by atoms with Crippen LogP contribution in [0.1, 0.15) is 18.4 Å². The molecule has 1 aromatic carbocycles. The molecule has 4 nitrogen and oxygen atoms in total. The Morgan fingerprint density at radius 3 is 2.71 bits per heavy atom. The summed E-state index contributed by atoms with van der Waals surface area (Å²) in [7, 11) is 0. The van der Waals surface area contributed by atoms with Crippen molar-refractivity contribution in [1.82, 2.24) is 5.32 Å². The van der Waals surface area contributed by atoms with Gasteiger partial charge in [0.05, 0.1) is 0 Å². The van der Waals surface area contributed by atoms with Crippen LogP contribution in [0.2, 0.25) is 0 Å². The van der Waals surface area contributed by atoms with Crippen molar-refractivity contribution in [2.24, 2.45) is 0 Å². The van der Waals surface area contributed by atoms with Crippen LogP contribution in [0.25, 0.3) is 0 Å². The topological polar surface area (TPSA) is 56.6 Å². The molecule has 1 saturated heterocycles. The minimum atomic E-state index is 0.0680. The first-order chi connectivity index (χ1) is 8.24. The van der Waals surface area contributed by atoms with E-state index >= 15 is 0 Å². The van der Waals surface area contributed by atoms with Crippen molar-refractivity contribution >= 4 is 5.91 Å². The van der Waals surface area contributed by atoms with Crippen LogP contribution in [0.4, 0.5) is 0 Å². The molecule has 0 aliphatic carbocycles. The standard InChI is InChI=1S/C13H18N2O2/c16-13(14-12-9-15(17)10-12)8-4-7-11-5-2-1-3-6-11/h1-3,5-6,12,15H,4,7-10H2,(H,14,16). The fourth-order valence-corrected chi connectivity index (χ4v) is 1.99. The molecule has 2 rings (SSSR count). The lowest BCUT2D eigenvalue weighted by Crippen LogP contribution is -3.18. The zero-order valence-corrected chi connectivity index (χ0v) is 9.82. The van der Waals surface area contributed by atoms with Gasteiger partial charge < -0.3 is 15.6 Å². The second-order valence-electron chi connectivity index (χ2n) is 4.55. The Morgan fingerprint density at radius 2 is 2.06 bits per heavy atom. The van der Waals surface area contributed by atoms with Crippen molar-refractivity contribution < 1.29 is 9.86 Å². The zero-order chi connectivity index (χ0) is 12.1. The highest BCUT2D eigenvalue weighted by atomic mass is 16.5. The molecule has 4 heteroatoms. The first kappa shape index (κ1) is 12.1. The lowest BCUT2D eigenvalue weighted by Gasteiger charge is -2.38. The van der Waals surface area contributed by atoms with Gasteiger partial charge in [0.25, 0.3) is 0 Å². The van der Waals surface area contributed by atoms with Crippen LogP contribution in [-0.2, 0) is 11.2 Å². The molecule has 1 aromatic rings. The van der Waals surface area contributed by atoms with E-state index in [4.69, 9.17) is 0 Å². The lowest BCUT2D eigenvalue weighted by molar-refractivity contribution is -0.893. The van der Waals surface area contributed by atoms with Crippen molar-refractivity contribution in [3.8, 4) is 0 Å². The molecule has 0 bridgehead atoms. The summed E-state index contributed by atoms with van der Waals surface area (Å²) in [5, 5.41) is 13.9. The summed E-state index contributed by atoms with van der Waals surface area (Å²) in [6, 6.07) is 10.3. The molecule has 0 aromatic heterocycles. The first-order valence-electron chi connectivity index (χ1n) is 6.09. The molecular formula is C13H18N2O2. The van der Waals surface area contributed by atoms with Crippen LogP contribution in [0.5, 0.6) is 0 Å². The molecule has 1 amide bonds. The van der Waals surface area contributed by atoms with Gasteiger partial charge >= 0.3 is 0 Å². The van der Waals surface area contributed by atoms with Gasteiger partial charge in [0.1, 0.15) is 19.1 Å². The fraction of sp³-hybridized carbons (Fsp3) is 0.462. The van der Waals surface area contributed by atoms with Gasteiger partial charge in [0.15, 0.2) is 0 Å². The highest BCUT2D eigenvalue weighted by Crippen LogP contribution is 2.04. The average molecular weight is 234 g/mol. The summed E-state index contributed by atoms with van der Waals surface area (Å²) in [5.74, 6) is 0.0680. The number of hydrogen-bond donors (Lipinski definition) is 2. The van der Waals surface area contributed by atoms with Crippen LogP contribution in [0, 0.1) is 5.21 Å². The predicted molar refractivity (Wildman–Crippen MR) is 65.4 cm³/mol. The van der Waals surface area contributed by atoms with E-state index in [9.17, 15) is 10.0 Å². The Kier molecular flexibility index (Phi) is 4.12. The van der Waals surface area contributed by atoms with E-state index in [1.165, 1.54) is 5.56 Å². The van der Waals surface area contributed by atoms with Gasteiger partial charge in [0.2, 0.25) is 5.91 Å². The van der Waals surface area contributed by atoms with Crippen molar-refractivity contribution in [3.63, 3.8) is 0 Å². The number of quaternary nitrogens is 1. The molecule has 0 unspecified atom stereocenters. The molecule has 92 valence electrons. The van der Waals surface area contributed by atoms with Crippen LogP contribution < -0.4 is 10.4 Å². The Hall–Kier alpha value is -1.39. The monoisotopic (exact) mass is 234 g/mol. The fourth-order valence-electron chi connectivity index (χ4n) is 1.99. The maximum Gasteiger partial charge on any atom is 0.220 e. The van der Waals surface area contributed by atoms with Crippen LogP contribution in [-0.4, -0.2) is 25.0 Å². The highest BCUT2D eigenvalue weighted by Gasteiger charge is 2.26. The highest BCUT2D eigenvalue weighted by molar-refractivity contribution is 5.76. The molecule has 1 heterocycles. The number of hydrogen-bond acceptors (Lipinski definition) is 2. The second kappa shape index (κ2) is 5.80. The van der Waals surface area contributed by atoms with Crippen LogP contribution >= 0.6 is 0 Å². The number of carbonyl (C=O) groups is 1. The van der Waals surface area contributed by atoms with Crippen molar-refractivity contribution in [2.75, 3.05) is 13.1 Å². The Balaban J connectivity index is 1.60. The number of rotatable bonds is 5. The summed E-state index contributed by atoms with van der Waals surface area (Å²) >= 11 is 0. The van der Waals surface area contributed by atoms with Crippen LogP contribution in [0.3, 0.4) is 0 Å². The zero-order valence-electron chi connectivity index (χ0n) is 9.82. The summed E-state index contributed by atoms with van der Waals surface area (Å²) in [6.45, 7) is 1.04. The Labute approximate surface area is 101 Å². The van der Waals surface area contributed by atoms with Gasteiger partial charge in [-0.3, -0.25) is 4.79 Å². The number of aryl methyl sites for hydroxylation is 1. The van der Waals surface area contributed by atoms with E-state index in [0.717, 1.165) is 12.8 Å². The molecule has 1 aliphatic heterocycles. The Bertz CT molecular complexity index is 361. The molecule has 1 aliphatic rings. The lowest BCUT2D eigenvalue weighted by atomic mass is 10.1. The summed E-state index contributed by atoms with van der Waals surface area (Å²) < 4.78 is 0. The summed E-state index contributed by atoms with van der Waals surface area (Å²) in [6.07, 6.45) is 2.33. The SMILES string of the molecule is O=C(CCCc1ccccc1)NC1C[NH+]([O-])C1. The maximum absolute atomic E-state index is 11.5. The number of amides is 1. The van der Waals surface area contributed by atoms with Gasteiger partial charge in [-0.1, -0.05) is 30.3 Å². The minimum Gasteiger partial charge on any atom is -0.634 e. The van der Waals surface area contributed by atoms with Gasteiger partial charge in [-0.25, -0.2) is 0 Å². The number of nitrogens with one attached hydrogen (secondary N) is 2. The third kappa shape index (κ3) is 3.84. The third-order valence-corrected chi connectivity index (χ3v) is 3.03. The number of carbonyl (C=O) groups excluding carboxylic acids is 1. The second-order valence-corrected chi connectivity index (χ2v) is 4.55. The molecule has 17 heavy (non-hydrogen) atoms. The van der Waals surface area contributed by atoms with E-state index in [-0.39, 0.29) is 17.0 Å². The molecular weight excluding hydrogens is 216 g/mol. The number of hydroxylamine groups is 2. The minimum absolute atomic E-state index is 0.0680. The van der Waals surface area contributed by atoms with Gasteiger partial charge in [-0.2, -0.15) is 0 Å². The number of benzene rings is 1. The van der Waals surface area contributed by atoms with Gasteiger partial charge in [-0.15, -0.1) is 0 Å². The summed E-state index contributed by atoms with van der Waals surface area (Å²) in [5.41, 5.74) is 1.26. The first-order valence-corrected chi connectivity index (χ1v) is 6.09. The smallest absolute Gasteiger partial charge is 0.220 e. The molecule has 0 atom stereocenters. The van der Waals surface area contributed by atoms with Crippen molar-refractivity contribution in [3.05, 3.63) is 41.1 Å². The molecule has 0 spiro atoms. The van der Waals surface area contributed by atoms with Crippen molar-refractivity contribution in [1.29, 1.82) is 0 Å². The normalized spacial score (nSPS) is 22.9. The molecule has 0 radical (unpaired) electrons. The largest absolute Gasteiger partial charge is 0.634 e.